The van der Waals surface area contributed by atoms with Crippen molar-refractivity contribution in [3.05, 3.63) is 41.2 Å². The van der Waals surface area contributed by atoms with Crippen molar-refractivity contribution in [1.29, 1.82) is 0 Å². The van der Waals surface area contributed by atoms with Gasteiger partial charge in [0.1, 0.15) is 12.1 Å². The third-order valence-electron chi connectivity index (χ3n) is 3.66. The summed E-state index contributed by atoms with van der Waals surface area (Å²) in [5.41, 5.74) is 3.55. The van der Waals surface area contributed by atoms with Crippen molar-refractivity contribution in [2.45, 2.75) is 39.0 Å². The van der Waals surface area contributed by atoms with Crippen molar-refractivity contribution in [1.82, 2.24) is 0 Å². The van der Waals surface area contributed by atoms with Crippen LogP contribution in [0.2, 0.25) is 0 Å². The fourth-order valence-corrected chi connectivity index (χ4v) is 2.70. The monoisotopic (exact) mass is 246 g/mol. The maximum atomic E-state index is 13.0. The van der Waals surface area contributed by atoms with E-state index in [1.165, 1.54) is 17.7 Å². The Kier molecular flexibility index (Phi) is 4.29. The van der Waals surface area contributed by atoms with Gasteiger partial charge in [-0.1, -0.05) is 31.1 Å². The fraction of sp³-hybridized carbons (Fsp3) is 0.438. The first-order valence-electron chi connectivity index (χ1n) is 6.69. The molecular formula is C16H19FO. The lowest BCUT2D eigenvalue weighted by atomic mass is 9.93. The minimum atomic E-state index is -0.227. The van der Waals surface area contributed by atoms with Crippen molar-refractivity contribution in [3.63, 3.8) is 0 Å². The maximum absolute atomic E-state index is 13.0. The zero-order valence-electron chi connectivity index (χ0n) is 10.8. The molecule has 1 aliphatic rings. The van der Waals surface area contributed by atoms with Crippen molar-refractivity contribution >= 4 is 11.9 Å². The van der Waals surface area contributed by atoms with Gasteiger partial charge in [0, 0.05) is 5.92 Å². The molecule has 0 heterocycles. The smallest absolute Gasteiger partial charge is 0.127 e. The molecule has 18 heavy (non-hydrogen) atoms. The number of carbonyl (C=O) groups excluding carboxylic acids is 1. The third kappa shape index (κ3) is 2.69. The van der Waals surface area contributed by atoms with Crippen molar-refractivity contribution in [3.8, 4) is 0 Å². The van der Waals surface area contributed by atoms with Gasteiger partial charge in [-0.15, -0.1) is 0 Å². The number of carbonyl (C=O) groups is 1. The van der Waals surface area contributed by atoms with E-state index in [1.54, 1.807) is 12.1 Å². The van der Waals surface area contributed by atoms with Crippen LogP contribution in [0.3, 0.4) is 0 Å². The van der Waals surface area contributed by atoms with Gasteiger partial charge in [0.15, 0.2) is 0 Å². The number of unbranched alkanes of at least 4 members (excludes halogenated alkanes) is 1. The SMILES string of the molecule is CCCCC1=C(c2ccc(F)cc2)C(C=O)CC1. The van der Waals surface area contributed by atoms with Crippen LogP contribution in [0, 0.1) is 11.7 Å². The van der Waals surface area contributed by atoms with Crippen LogP contribution in [-0.4, -0.2) is 6.29 Å². The predicted molar refractivity (Wildman–Crippen MR) is 71.6 cm³/mol. The molecule has 1 aromatic rings. The molecule has 0 amide bonds. The van der Waals surface area contributed by atoms with Gasteiger partial charge >= 0.3 is 0 Å². The van der Waals surface area contributed by atoms with Crippen LogP contribution in [0.1, 0.15) is 44.6 Å². The molecule has 0 aliphatic heterocycles. The van der Waals surface area contributed by atoms with E-state index in [2.05, 4.69) is 6.92 Å². The minimum absolute atomic E-state index is 0.00215. The Hall–Kier alpha value is -1.44. The lowest BCUT2D eigenvalue weighted by Crippen LogP contribution is -2.00. The van der Waals surface area contributed by atoms with Gasteiger partial charge in [-0.3, -0.25) is 0 Å². The summed E-state index contributed by atoms with van der Waals surface area (Å²) in [5.74, 6) is -0.225. The molecule has 1 unspecified atom stereocenters. The van der Waals surface area contributed by atoms with Crippen LogP contribution in [0.5, 0.6) is 0 Å². The number of rotatable bonds is 5. The molecule has 0 saturated heterocycles. The number of hydrogen-bond acceptors (Lipinski definition) is 1. The van der Waals surface area contributed by atoms with E-state index in [9.17, 15) is 9.18 Å². The normalized spacial score (nSPS) is 19.3. The molecule has 0 radical (unpaired) electrons. The third-order valence-corrected chi connectivity index (χ3v) is 3.66. The van der Waals surface area contributed by atoms with Crippen LogP contribution in [0.25, 0.3) is 5.57 Å². The Morgan fingerprint density at radius 3 is 2.67 bits per heavy atom. The second-order valence-electron chi connectivity index (χ2n) is 4.91. The van der Waals surface area contributed by atoms with Gasteiger partial charge in [-0.2, -0.15) is 0 Å². The molecular weight excluding hydrogens is 227 g/mol. The molecule has 1 nitrogen and oxygen atoms in total. The molecule has 2 heteroatoms. The first-order chi connectivity index (χ1) is 8.76. The van der Waals surface area contributed by atoms with Crippen molar-refractivity contribution in [2.75, 3.05) is 0 Å². The van der Waals surface area contributed by atoms with Crippen molar-refractivity contribution in [2.24, 2.45) is 5.92 Å². The summed E-state index contributed by atoms with van der Waals surface area (Å²) in [5, 5.41) is 0. The summed E-state index contributed by atoms with van der Waals surface area (Å²) >= 11 is 0. The number of allylic oxidation sites excluding steroid dienone is 2. The van der Waals surface area contributed by atoms with E-state index in [-0.39, 0.29) is 11.7 Å². The number of hydrogen-bond donors (Lipinski definition) is 0. The number of halogens is 1. The summed E-state index contributed by atoms with van der Waals surface area (Å²) in [7, 11) is 0. The second-order valence-corrected chi connectivity index (χ2v) is 4.91. The van der Waals surface area contributed by atoms with E-state index >= 15 is 0 Å². The number of aldehydes is 1. The van der Waals surface area contributed by atoms with Crippen LogP contribution in [0.15, 0.2) is 29.8 Å². The fourth-order valence-electron chi connectivity index (χ4n) is 2.70. The maximum Gasteiger partial charge on any atom is 0.127 e. The first-order valence-corrected chi connectivity index (χ1v) is 6.69. The van der Waals surface area contributed by atoms with Gasteiger partial charge in [-0.05, 0) is 49.0 Å². The first kappa shape index (κ1) is 13.0. The van der Waals surface area contributed by atoms with Gasteiger partial charge in [0.05, 0.1) is 0 Å². The predicted octanol–water partition coefficient (Wildman–Crippen LogP) is 4.38. The Labute approximate surface area is 108 Å². The summed E-state index contributed by atoms with van der Waals surface area (Å²) in [6.07, 6.45) is 6.34. The molecule has 0 fully saturated rings. The summed E-state index contributed by atoms with van der Waals surface area (Å²) < 4.78 is 13.0. The molecule has 0 saturated carbocycles. The molecule has 0 N–H and O–H groups in total. The Morgan fingerprint density at radius 2 is 2.06 bits per heavy atom. The molecule has 1 aliphatic carbocycles. The molecule has 2 rings (SSSR count). The molecule has 1 aromatic carbocycles. The molecule has 96 valence electrons. The largest absolute Gasteiger partial charge is 0.303 e. The lowest BCUT2D eigenvalue weighted by molar-refractivity contribution is -0.109. The summed E-state index contributed by atoms with van der Waals surface area (Å²) in [4.78, 5) is 11.2. The Bertz CT molecular complexity index is 445. The molecule has 0 bridgehead atoms. The molecule has 0 spiro atoms. The highest BCUT2D eigenvalue weighted by molar-refractivity contribution is 5.84. The van der Waals surface area contributed by atoms with Crippen molar-refractivity contribution < 1.29 is 9.18 Å². The van der Waals surface area contributed by atoms with Gasteiger partial charge in [-0.25, -0.2) is 4.39 Å². The molecule has 0 aromatic heterocycles. The summed E-state index contributed by atoms with van der Waals surface area (Å²) in [6, 6.07) is 6.52. The van der Waals surface area contributed by atoms with Crippen LogP contribution < -0.4 is 0 Å². The van der Waals surface area contributed by atoms with Gasteiger partial charge in [0.2, 0.25) is 0 Å². The van der Waals surface area contributed by atoms with E-state index in [0.717, 1.165) is 49.5 Å². The average molecular weight is 246 g/mol. The highest BCUT2D eigenvalue weighted by Gasteiger charge is 2.25. The van der Waals surface area contributed by atoms with E-state index in [0.29, 0.717) is 0 Å². The molecule has 1 atom stereocenters. The van der Waals surface area contributed by atoms with E-state index in [1.807, 2.05) is 0 Å². The minimum Gasteiger partial charge on any atom is -0.303 e. The zero-order chi connectivity index (χ0) is 13.0. The summed E-state index contributed by atoms with van der Waals surface area (Å²) in [6.45, 7) is 2.17. The zero-order valence-corrected chi connectivity index (χ0v) is 10.8. The van der Waals surface area contributed by atoms with E-state index < -0.39 is 0 Å². The van der Waals surface area contributed by atoms with E-state index in [4.69, 9.17) is 0 Å². The van der Waals surface area contributed by atoms with Gasteiger partial charge in [0.25, 0.3) is 0 Å². The second kappa shape index (κ2) is 5.94. The standard InChI is InChI=1S/C16H19FO/c1-2-3-4-12-5-6-14(11-18)16(12)13-7-9-15(17)10-8-13/h7-11,14H,2-6H2,1H3. The quantitative estimate of drug-likeness (QED) is 0.705. The van der Waals surface area contributed by atoms with Crippen LogP contribution >= 0.6 is 0 Å². The Morgan fingerprint density at radius 1 is 1.33 bits per heavy atom. The van der Waals surface area contributed by atoms with Crippen LogP contribution in [-0.2, 0) is 4.79 Å². The van der Waals surface area contributed by atoms with Gasteiger partial charge < -0.3 is 4.79 Å². The average Bonchev–Trinajstić information content (AvgIpc) is 2.80. The Balaban J connectivity index is 2.33. The van der Waals surface area contributed by atoms with Crippen LogP contribution in [0.4, 0.5) is 4.39 Å². The topological polar surface area (TPSA) is 17.1 Å². The number of benzene rings is 1. The highest BCUT2D eigenvalue weighted by atomic mass is 19.1. The highest BCUT2D eigenvalue weighted by Crippen LogP contribution is 2.40. The lowest BCUT2D eigenvalue weighted by Gasteiger charge is -2.11.